The fraction of sp³-hybridized carbons (Fsp3) is 0.438. The summed E-state index contributed by atoms with van der Waals surface area (Å²) in [6.07, 6.45) is 11.0. The number of benzene rings is 2. The molecule has 1 N–H and O–H groups in total. The van der Waals surface area contributed by atoms with Crippen LogP contribution in [0.5, 0.6) is 23.0 Å². The Morgan fingerprint density at radius 3 is 2.70 bits per heavy atom. The number of aromatic nitrogens is 2. The van der Waals surface area contributed by atoms with Crippen LogP contribution in [0.25, 0.3) is 17.3 Å². The first-order valence-electron chi connectivity index (χ1n) is 14.2. The monoisotopic (exact) mass is 546 g/mol. The summed E-state index contributed by atoms with van der Waals surface area (Å²) in [6.45, 7) is 3.48. The van der Waals surface area contributed by atoms with E-state index in [9.17, 15) is 9.90 Å². The van der Waals surface area contributed by atoms with E-state index in [2.05, 4.69) is 6.92 Å². The minimum absolute atomic E-state index is 0.154. The first-order valence-corrected chi connectivity index (χ1v) is 14.2. The van der Waals surface area contributed by atoms with Gasteiger partial charge in [-0.15, -0.1) is 0 Å². The highest BCUT2D eigenvalue weighted by Gasteiger charge is 2.24. The SMILES string of the molecule is CCCCn1ncc(/C=C(\Cc2cc3c(cc2OC)CCO3)C(=O)O)c1-c1ccc(OC)cc1OC1CCCC1. The Bertz CT molecular complexity index is 1390. The summed E-state index contributed by atoms with van der Waals surface area (Å²) < 4.78 is 25.4. The maximum absolute atomic E-state index is 12.5. The average molecular weight is 547 g/mol. The summed E-state index contributed by atoms with van der Waals surface area (Å²) >= 11 is 0. The molecule has 0 amide bonds. The van der Waals surface area contributed by atoms with E-state index in [0.717, 1.165) is 84.4 Å². The third-order valence-corrected chi connectivity index (χ3v) is 7.71. The van der Waals surface area contributed by atoms with Crippen LogP contribution in [0.3, 0.4) is 0 Å². The van der Waals surface area contributed by atoms with Crippen molar-refractivity contribution in [1.82, 2.24) is 9.78 Å². The minimum Gasteiger partial charge on any atom is -0.497 e. The number of aryl methyl sites for hydroxylation is 1. The van der Waals surface area contributed by atoms with Crippen molar-refractivity contribution < 1.29 is 28.8 Å². The van der Waals surface area contributed by atoms with Crippen molar-refractivity contribution in [2.75, 3.05) is 20.8 Å². The summed E-state index contributed by atoms with van der Waals surface area (Å²) in [7, 11) is 3.25. The minimum atomic E-state index is -0.993. The third kappa shape index (κ3) is 5.96. The molecule has 212 valence electrons. The van der Waals surface area contributed by atoms with Crippen LogP contribution in [-0.4, -0.2) is 47.8 Å². The number of carboxylic acids is 1. The lowest BCUT2D eigenvalue weighted by molar-refractivity contribution is -0.132. The van der Waals surface area contributed by atoms with Gasteiger partial charge in [-0.05, 0) is 62.4 Å². The van der Waals surface area contributed by atoms with Crippen molar-refractivity contribution in [3.8, 4) is 34.3 Å². The molecule has 8 heteroatoms. The number of hydrogen-bond acceptors (Lipinski definition) is 6. The van der Waals surface area contributed by atoms with Crippen molar-refractivity contribution in [2.45, 2.75) is 70.9 Å². The maximum Gasteiger partial charge on any atom is 0.331 e. The predicted octanol–water partition coefficient (Wildman–Crippen LogP) is 6.33. The second kappa shape index (κ2) is 12.5. The van der Waals surface area contributed by atoms with Crippen molar-refractivity contribution >= 4 is 12.0 Å². The third-order valence-electron chi connectivity index (χ3n) is 7.71. The molecule has 0 radical (unpaired) electrons. The van der Waals surface area contributed by atoms with Gasteiger partial charge in [-0.25, -0.2) is 4.79 Å². The van der Waals surface area contributed by atoms with Crippen LogP contribution in [0.1, 0.15) is 62.1 Å². The number of ether oxygens (including phenoxy) is 4. The van der Waals surface area contributed by atoms with E-state index in [1.165, 1.54) is 0 Å². The lowest BCUT2D eigenvalue weighted by atomic mass is 9.98. The summed E-state index contributed by atoms with van der Waals surface area (Å²) in [4.78, 5) is 12.5. The molecular weight excluding hydrogens is 508 g/mol. The quantitative estimate of drug-likeness (QED) is 0.265. The maximum atomic E-state index is 12.5. The molecular formula is C32H38N2O6. The van der Waals surface area contributed by atoms with Crippen molar-refractivity contribution in [3.63, 3.8) is 0 Å². The number of fused-ring (bicyclic) bond motifs is 1. The van der Waals surface area contributed by atoms with Crippen LogP contribution in [0.15, 0.2) is 42.1 Å². The number of unbranched alkanes of at least 4 members (excludes halogenated alkanes) is 1. The van der Waals surface area contributed by atoms with Crippen molar-refractivity contribution in [1.29, 1.82) is 0 Å². The zero-order chi connectivity index (χ0) is 28.1. The van der Waals surface area contributed by atoms with Crippen molar-refractivity contribution in [2.24, 2.45) is 0 Å². The van der Waals surface area contributed by atoms with E-state index in [1.807, 2.05) is 35.0 Å². The summed E-state index contributed by atoms with van der Waals surface area (Å²) in [5.74, 6) is 1.91. The molecule has 0 spiro atoms. The zero-order valence-electron chi connectivity index (χ0n) is 23.6. The molecule has 0 saturated heterocycles. The van der Waals surface area contributed by atoms with Gasteiger partial charge in [0.25, 0.3) is 0 Å². The Kier molecular flexibility index (Phi) is 8.63. The van der Waals surface area contributed by atoms with Gasteiger partial charge in [0, 0.05) is 53.3 Å². The molecule has 8 nitrogen and oxygen atoms in total. The second-order valence-corrected chi connectivity index (χ2v) is 10.4. The van der Waals surface area contributed by atoms with Crippen LogP contribution in [0.2, 0.25) is 0 Å². The van der Waals surface area contributed by atoms with Crippen molar-refractivity contribution in [3.05, 3.63) is 58.8 Å². The molecule has 1 aromatic heterocycles. The molecule has 1 fully saturated rings. The lowest BCUT2D eigenvalue weighted by Gasteiger charge is -2.19. The average Bonchev–Trinajstić information content (AvgIpc) is 3.72. The molecule has 1 aliphatic carbocycles. The number of hydrogen-bond donors (Lipinski definition) is 1. The fourth-order valence-corrected chi connectivity index (χ4v) is 5.54. The highest BCUT2D eigenvalue weighted by molar-refractivity contribution is 5.94. The van der Waals surface area contributed by atoms with E-state index in [4.69, 9.17) is 24.0 Å². The van der Waals surface area contributed by atoms with Gasteiger partial charge in [-0.3, -0.25) is 4.68 Å². The smallest absolute Gasteiger partial charge is 0.331 e. The number of methoxy groups -OCH3 is 2. The molecule has 0 atom stereocenters. The van der Waals surface area contributed by atoms with E-state index < -0.39 is 5.97 Å². The molecule has 2 aliphatic rings. The van der Waals surface area contributed by atoms with Crippen LogP contribution < -0.4 is 18.9 Å². The Morgan fingerprint density at radius 2 is 1.98 bits per heavy atom. The van der Waals surface area contributed by atoms with E-state index >= 15 is 0 Å². The lowest BCUT2D eigenvalue weighted by Crippen LogP contribution is -2.12. The van der Waals surface area contributed by atoms with Gasteiger partial charge in [-0.1, -0.05) is 13.3 Å². The molecule has 1 saturated carbocycles. The molecule has 2 aromatic carbocycles. The molecule has 5 rings (SSSR count). The number of carbonyl (C=O) groups is 1. The Balaban J connectivity index is 1.58. The van der Waals surface area contributed by atoms with Gasteiger partial charge in [-0.2, -0.15) is 5.10 Å². The Hall–Kier alpha value is -3.94. The highest BCUT2D eigenvalue weighted by atomic mass is 16.5. The van der Waals surface area contributed by atoms with Crippen LogP contribution in [0, 0.1) is 0 Å². The van der Waals surface area contributed by atoms with Gasteiger partial charge in [0.15, 0.2) is 0 Å². The molecule has 1 aliphatic heterocycles. The topological polar surface area (TPSA) is 92.0 Å². The van der Waals surface area contributed by atoms with Gasteiger partial charge >= 0.3 is 5.97 Å². The molecule has 0 unspecified atom stereocenters. The molecule has 3 aromatic rings. The van der Waals surface area contributed by atoms with Gasteiger partial charge in [0.1, 0.15) is 23.0 Å². The number of nitrogens with zero attached hydrogens (tertiary/aromatic N) is 2. The van der Waals surface area contributed by atoms with E-state index in [1.54, 1.807) is 26.5 Å². The van der Waals surface area contributed by atoms with Crippen LogP contribution in [0.4, 0.5) is 0 Å². The largest absolute Gasteiger partial charge is 0.497 e. The summed E-state index contributed by atoms with van der Waals surface area (Å²) in [5.41, 5.74) is 4.53. The molecule has 40 heavy (non-hydrogen) atoms. The first kappa shape index (κ1) is 27.6. The van der Waals surface area contributed by atoms with Gasteiger partial charge in [0.05, 0.1) is 38.8 Å². The van der Waals surface area contributed by atoms with Gasteiger partial charge < -0.3 is 24.1 Å². The molecule has 2 heterocycles. The normalized spacial score (nSPS) is 15.1. The van der Waals surface area contributed by atoms with Gasteiger partial charge in [0.2, 0.25) is 0 Å². The number of aliphatic carboxylic acids is 1. The molecule has 0 bridgehead atoms. The fourth-order valence-electron chi connectivity index (χ4n) is 5.54. The zero-order valence-corrected chi connectivity index (χ0v) is 23.6. The van der Waals surface area contributed by atoms with Crippen LogP contribution >= 0.6 is 0 Å². The van der Waals surface area contributed by atoms with E-state index in [0.29, 0.717) is 24.7 Å². The standard InChI is InChI=1S/C32H38N2O6/c1-4-5-13-34-31(27-11-10-26(37-2)19-30(27)40-25-8-6-7-9-25)24(20-33-34)16-23(32(35)36)15-22-18-29-21(12-14-39-29)17-28(22)38-3/h10-11,16-20,25H,4-9,12-15H2,1-3H3,(H,35,36)/b23-16+. The second-order valence-electron chi connectivity index (χ2n) is 10.4. The predicted molar refractivity (Wildman–Crippen MR) is 154 cm³/mol. The summed E-state index contributed by atoms with van der Waals surface area (Å²) in [5, 5.41) is 15.0. The Morgan fingerprint density at radius 1 is 1.15 bits per heavy atom. The number of carboxylic acid groups (broad SMARTS) is 1. The summed E-state index contributed by atoms with van der Waals surface area (Å²) in [6, 6.07) is 9.68. The Labute approximate surface area is 235 Å². The first-order chi connectivity index (χ1) is 19.5. The number of rotatable bonds is 12. The van der Waals surface area contributed by atoms with E-state index in [-0.39, 0.29) is 18.1 Å². The van der Waals surface area contributed by atoms with Crippen LogP contribution in [-0.2, 0) is 24.2 Å². The highest BCUT2D eigenvalue weighted by Crippen LogP contribution is 2.39.